The highest BCUT2D eigenvalue weighted by Gasteiger charge is 2.44. The molecular formula is C42H56N8O7. The van der Waals surface area contributed by atoms with Gasteiger partial charge in [0.1, 0.15) is 17.8 Å². The first-order chi connectivity index (χ1) is 26.9. The Balaban J connectivity index is 1.39. The molecule has 3 aromatic carbocycles. The third-order valence-electron chi connectivity index (χ3n) is 10.1. The first kappa shape index (κ1) is 42.5. The highest BCUT2D eigenvalue weighted by molar-refractivity contribution is 5.89. The number of hydrogen-bond acceptors (Lipinski definition) is 8. The molecule has 0 aliphatic carbocycles. The monoisotopic (exact) mass is 784 g/mol. The summed E-state index contributed by atoms with van der Waals surface area (Å²) in [7, 11) is 1.56. The van der Waals surface area contributed by atoms with Crippen molar-refractivity contribution in [1.82, 2.24) is 41.1 Å². The average molecular weight is 785 g/mol. The van der Waals surface area contributed by atoms with E-state index in [1.54, 1.807) is 49.8 Å². The number of aromatic amines is 1. The van der Waals surface area contributed by atoms with E-state index in [2.05, 4.69) is 26.3 Å². The van der Waals surface area contributed by atoms with Crippen LogP contribution in [-0.2, 0) is 29.1 Å². The van der Waals surface area contributed by atoms with E-state index in [1.807, 2.05) is 87.5 Å². The van der Waals surface area contributed by atoms with Gasteiger partial charge in [-0.05, 0) is 46.6 Å². The van der Waals surface area contributed by atoms with Crippen LogP contribution in [0.3, 0.4) is 0 Å². The molecule has 6 N–H and O–H groups in total. The van der Waals surface area contributed by atoms with Gasteiger partial charge in [-0.25, -0.2) is 14.6 Å². The van der Waals surface area contributed by atoms with Crippen molar-refractivity contribution in [3.8, 4) is 5.75 Å². The molecule has 306 valence electrons. The lowest BCUT2D eigenvalue weighted by molar-refractivity contribution is -0.133. The molecule has 1 aromatic heterocycles. The van der Waals surface area contributed by atoms with E-state index >= 15 is 0 Å². The smallest absolute Gasteiger partial charge is 0.405 e. The first-order valence-corrected chi connectivity index (χ1v) is 19.1. The van der Waals surface area contributed by atoms with Crippen LogP contribution in [0.15, 0.2) is 78.9 Å². The number of aliphatic hydroxyl groups excluding tert-OH is 1. The van der Waals surface area contributed by atoms with Gasteiger partial charge in [0, 0.05) is 31.6 Å². The van der Waals surface area contributed by atoms with Crippen LogP contribution in [0.25, 0.3) is 10.9 Å². The van der Waals surface area contributed by atoms with Gasteiger partial charge in [0.25, 0.3) is 5.91 Å². The van der Waals surface area contributed by atoms with E-state index in [0.717, 1.165) is 27.7 Å². The molecule has 2 heterocycles. The molecule has 1 saturated heterocycles. The van der Waals surface area contributed by atoms with Crippen molar-refractivity contribution in [2.24, 2.45) is 10.8 Å². The zero-order valence-electron chi connectivity index (χ0n) is 33.8. The second-order valence-electron chi connectivity index (χ2n) is 16.7. The lowest BCUT2D eigenvalue weighted by atomic mass is 9.84. The molecule has 1 fully saturated rings. The molecule has 0 spiro atoms. The second kappa shape index (κ2) is 18.1. The topological polar surface area (TPSA) is 192 Å². The molecule has 1 aliphatic rings. The fourth-order valence-corrected chi connectivity index (χ4v) is 7.20. The van der Waals surface area contributed by atoms with Gasteiger partial charge in [-0.3, -0.25) is 20.1 Å². The highest BCUT2D eigenvalue weighted by atomic mass is 16.5. The molecular weight excluding hydrogens is 729 g/mol. The number of urea groups is 1. The summed E-state index contributed by atoms with van der Waals surface area (Å²) in [5.41, 5.74) is 4.61. The molecule has 57 heavy (non-hydrogen) atoms. The number of nitrogens with one attached hydrogen (secondary N) is 4. The predicted octanol–water partition coefficient (Wildman–Crippen LogP) is 4.53. The van der Waals surface area contributed by atoms with E-state index in [0.29, 0.717) is 25.4 Å². The number of amides is 5. The maximum atomic E-state index is 14.5. The normalized spacial score (nSPS) is 15.6. The Morgan fingerprint density at radius 1 is 0.877 bits per heavy atom. The Morgan fingerprint density at radius 2 is 1.54 bits per heavy atom. The van der Waals surface area contributed by atoms with Gasteiger partial charge < -0.3 is 35.4 Å². The minimum atomic E-state index is -1.35. The number of carbonyl (C=O) groups is 4. The molecule has 0 radical (unpaired) electrons. The molecule has 4 atom stereocenters. The van der Waals surface area contributed by atoms with Crippen molar-refractivity contribution in [2.75, 3.05) is 26.7 Å². The number of methoxy groups -OCH3 is 1. The van der Waals surface area contributed by atoms with Gasteiger partial charge in [0.15, 0.2) is 0 Å². The van der Waals surface area contributed by atoms with Crippen molar-refractivity contribution < 1.29 is 34.1 Å². The summed E-state index contributed by atoms with van der Waals surface area (Å²) in [6.45, 7) is 12.0. The molecule has 0 unspecified atom stereocenters. The first-order valence-electron chi connectivity index (χ1n) is 19.1. The Bertz CT molecular complexity index is 1990. The van der Waals surface area contributed by atoms with Crippen LogP contribution in [0, 0.1) is 10.8 Å². The van der Waals surface area contributed by atoms with Crippen LogP contribution >= 0.6 is 0 Å². The molecule has 5 amide bonds. The minimum absolute atomic E-state index is 0.136. The Labute approximate surface area is 333 Å². The number of H-pyrrole nitrogens is 1. The number of rotatable bonds is 16. The number of benzene rings is 3. The summed E-state index contributed by atoms with van der Waals surface area (Å²) in [5.74, 6) is -0.391. The van der Waals surface area contributed by atoms with E-state index in [1.165, 1.54) is 5.01 Å². The van der Waals surface area contributed by atoms with Crippen molar-refractivity contribution in [3.05, 3.63) is 95.7 Å². The zero-order chi connectivity index (χ0) is 41.5. The number of ether oxygens (including phenoxy) is 1. The quantitative estimate of drug-likeness (QED) is 0.0887. The number of nitrogens with zero attached hydrogens (tertiary/aromatic N) is 4. The summed E-state index contributed by atoms with van der Waals surface area (Å²) in [5, 5.41) is 36.9. The van der Waals surface area contributed by atoms with E-state index in [4.69, 9.17) is 4.74 Å². The third-order valence-corrected chi connectivity index (χ3v) is 10.1. The largest absolute Gasteiger partial charge is 0.497 e. The standard InChI is InChI=1S/C42H56N8O7/c1-41(2,3)35(44-39(54)55)37(52)47-49(24-28-17-19-29(57-7)20-18-28)26-34(51)32(23-27-13-9-8-10-14-27)43-38(53)36(42(4,5)6)50-22-21-48(40(50)56)25-33-30-15-11-12-16-31(30)45-46-33/h8-20,32,34-36,44,51H,21-26H2,1-7H3,(H,43,53)(H,45,46)(H,47,52)(H,54,55)/t32-,34-,35+,36+/m0/s1. The fourth-order valence-electron chi connectivity index (χ4n) is 7.20. The van der Waals surface area contributed by atoms with Gasteiger partial charge in [-0.15, -0.1) is 0 Å². The van der Waals surface area contributed by atoms with E-state index < -0.39 is 53.0 Å². The van der Waals surface area contributed by atoms with Crippen LogP contribution in [0.4, 0.5) is 9.59 Å². The number of hydrazine groups is 1. The summed E-state index contributed by atoms with van der Waals surface area (Å²) >= 11 is 0. The molecule has 0 saturated carbocycles. The van der Waals surface area contributed by atoms with Crippen LogP contribution in [0.5, 0.6) is 5.75 Å². The Kier molecular flexibility index (Phi) is 13.5. The number of hydrogen-bond donors (Lipinski definition) is 6. The molecule has 15 nitrogen and oxygen atoms in total. The third kappa shape index (κ3) is 11.0. The fraction of sp³-hybridized carbons (Fsp3) is 0.452. The zero-order valence-corrected chi connectivity index (χ0v) is 33.8. The summed E-state index contributed by atoms with van der Waals surface area (Å²) < 4.78 is 5.31. The number of aromatic nitrogens is 2. The number of carbonyl (C=O) groups excluding carboxylic acids is 3. The van der Waals surface area contributed by atoms with Crippen molar-refractivity contribution in [3.63, 3.8) is 0 Å². The maximum absolute atomic E-state index is 14.5. The summed E-state index contributed by atoms with van der Waals surface area (Å²) in [4.78, 5) is 57.3. The summed E-state index contributed by atoms with van der Waals surface area (Å²) in [6.07, 6.45) is -2.35. The van der Waals surface area contributed by atoms with Gasteiger partial charge in [-0.2, -0.15) is 5.10 Å². The van der Waals surface area contributed by atoms with Crippen LogP contribution in [0.1, 0.15) is 58.4 Å². The van der Waals surface area contributed by atoms with Gasteiger partial charge in [0.2, 0.25) is 5.91 Å². The second-order valence-corrected chi connectivity index (χ2v) is 16.7. The van der Waals surface area contributed by atoms with Gasteiger partial charge in [0.05, 0.1) is 37.0 Å². The van der Waals surface area contributed by atoms with Crippen molar-refractivity contribution >= 4 is 34.8 Å². The van der Waals surface area contributed by atoms with Gasteiger partial charge >= 0.3 is 12.1 Å². The number of para-hydroxylation sites is 1. The Morgan fingerprint density at radius 3 is 2.18 bits per heavy atom. The lowest BCUT2D eigenvalue weighted by Gasteiger charge is -2.38. The number of carboxylic acid groups (broad SMARTS) is 1. The van der Waals surface area contributed by atoms with Crippen LogP contribution in [-0.4, -0.2) is 110 Å². The van der Waals surface area contributed by atoms with Crippen LogP contribution in [0.2, 0.25) is 0 Å². The maximum Gasteiger partial charge on any atom is 0.405 e. The van der Waals surface area contributed by atoms with E-state index in [9.17, 15) is 29.4 Å². The molecule has 0 bridgehead atoms. The Hall–Kier alpha value is -5.67. The van der Waals surface area contributed by atoms with Crippen LogP contribution < -0.4 is 20.8 Å². The molecule has 5 rings (SSSR count). The van der Waals surface area contributed by atoms with Crippen molar-refractivity contribution in [2.45, 2.75) is 85.3 Å². The number of aliphatic hydroxyl groups is 1. The minimum Gasteiger partial charge on any atom is -0.497 e. The van der Waals surface area contributed by atoms with Crippen molar-refractivity contribution in [1.29, 1.82) is 0 Å². The lowest BCUT2D eigenvalue weighted by Crippen LogP contribution is -2.61. The average Bonchev–Trinajstić information content (AvgIpc) is 3.72. The summed E-state index contributed by atoms with van der Waals surface area (Å²) in [6, 6.07) is 21.2. The van der Waals surface area contributed by atoms with E-state index in [-0.39, 0.29) is 25.5 Å². The predicted molar refractivity (Wildman–Crippen MR) is 216 cm³/mol. The van der Waals surface area contributed by atoms with Gasteiger partial charge in [-0.1, -0.05) is 102 Å². The molecule has 15 heteroatoms. The highest BCUT2D eigenvalue weighted by Crippen LogP contribution is 2.30. The molecule has 4 aromatic rings. The molecule has 1 aliphatic heterocycles. The number of fused-ring (bicyclic) bond motifs is 1. The SMILES string of the molecule is COc1ccc(CN(C[C@H](O)[C@H](Cc2ccccc2)NC(=O)[C@@H](N2CCN(Cc3[nH]nc4ccccc34)C2=O)C(C)(C)C)NC(=O)[C@@H](NC(=O)O)C(C)(C)C)cc1.